The largest absolute Gasteiger partial charge is 0.338 e. The van der Waals surface area contributed by atoms with Crippen molar-refractivity contribution in [3.05, 3.63) is 33.8 Å². The number of benzene rings is 1. The van der Waals surface area contributed by atoms with E-state index in [1.54, 1.807) is 18.2 Å². The van der Waals surface area contributed by atoms with Crippen molar-refractivity contribution in [2.75, 3.05) is 13.1 Å². The van der Waals surface area contributed by atoms with Crippen molar-refractivity contribution in [3.8, 4) is 0 Å². The number of hydrogen-bond donors (Lipinski definition) is 0. The summed E-state index contributed by atoms with van der Waals surface area (Å²) in [7, 11) is 0. The molecule has 0 radical (unpaired) electrons. The van der Waals surface area contributed by atoms with Crippen LogP contribution in [0, 0.1) is 11.8 Å². The van der Waals surface area contributed by atoms with Crippen molar-refractivity contribution in [2.45, 2.75) is 20.3 Å². The number of carbonyl (C=O) groups excluding carboxylic acids is 1. The smallest absolute Gasteiger partial charge is 0.255 e. The van der Waals surface area contributed by atoms with Crippen LogP contribution in [0.15, 0.2) is 18.2 Å². The Labute approximate surface area is 118 Å². The molecule has 2 unspecified atom stereocenters. The van der Waals surface area contributed by atoms with Gasteiger partial charge < -0.3 is 4.90 Å². The predicted octanol–water partition coefficient (Wildman–Crippen LogP) is 4.11. The number of nitrogens with zero attached hydrogens (tertiary/aromatic N) is 1. The molecular formula is C14H17Cl2NO. The molecule has 2 atom stereocenters. The van der Waals surface area contributed by atoms with E-state index in [2.05, 4.69) is 13.8 Å². The highest BCUT2D eigenvalue weighted by molar-refractivity contribution is 6.43. The lowest BCUT2D eigenvalue weighted by Crippen LogP contribution is -2.42. The maximum Gasteiger partial charge on any atom is 0.255 e. The fourth-order valence-corrected chi connectivity index (χ4v) is 3.05. The molecule has 1 heterocycles. The molecule has 1 aliphatic rings. The van der Waals surface area contributed by atoms with Crippen molar-refractivity contribution in [2.24, 2.45) is 11.8 Å². The quantitative estimate of drug-likeness (QED) is 0.760. The lowest BCUT2D eigenvalue weighted by molar-refractivity contribution is 0.0623. The van der Waals surface area contributed by atoms with Crippen LogP contribution in [0.2, 0.25) is 10.0 Å². The van der Waals surface area contributed by atoms with Crippen molar-refractivity contribution in [1.29, 1.82) is 0 Å². The molecular weight excluding hydrogens is 269 g/mol. The Kier molecular flexibility index (Phi) is 4.18. The number of carbonyl (C=O) groups is 1. The molecule has 0 aromatic heterocycles. The second kappa shape index (κ2) is 5.50. The summed E-state index contributed by atoms with van der Waals surface area (Å²) in [5, 5.41) is 0.788. The van der Waals surface area contributed by atoms with Gasteiger partial charge in [0.1, 0.15) is 0 Å². The van der Waals surface area contributed by atoms with Crippen LogP contribution in [0.1, 0.15) is 30.6 Å². The van der Waals surface area contributed by atoms with Crippen molar-refractivity contribution < 1.29 is 4.79 Å². The zero-order valence-electron chi connectivity index (χ0n) is 10.6. The van der Waals surface area contributed by atoms with Crippen molar-refractivity contribution in [3.63, 3.8) is 0 Å². The minimum atomic E-state index is -0.0131. The highest BCUT2D eigenvalue weighted by Crippen LogP contribution is 2.28. The Bertz CT molecular complexity index is 451. The molecule has 1 amide bonds. The first-order chi connectivity index (χ1) is 8.49. The standard InChI is InChI=1S/C14H17Cl2NO/c1-9-6-10(2)8-17(7-9)14(18)11-4-3-5-12(15)13(11)16/h3-5,9-10H,6-8H2,1-2H3. The van der Waals surface area contributed by atoms with E-state index < -0.39 is 0 Å². The van der Waals surface area contributed by atoms with Gasteiger partial charge in [0, 0.05) is 13.1 Å². The number of rotatable bonds is 1. The van der Waals surface area contributed by atoms with Crippen LogP contribution in [0.25, 0.3) is 0 Å². The normalized spacial score (nSPS) is 24.1. The Morgan fingerprint density at radius 1 is 1.22 bits per heavy atom. The van der Waals surface area contributed by atoms with Gasteiger partial charge in [-0.05, 0) is 30.4 Å². The van der Waals surface area contributed by atoms with E-state index in [-0.39, 0.29) is 5.91 Å². The fourth-order valence-electron chi connectivity index (χ4n) is 2.67. The van der Waals surface area contributed by atoms with E-state index >= 15 is 0 Å². The Morgan fingerprint density at radius 3 is 2.44 bits per heavy atom. The number of likely N-dealkylation sites (tertiary alicyclic amines) is 1. The molecule has 0 spiro atoms. The fraction of sp³-hybridized carbons (Fsp3) is 0.500. The van der Waals surface area contributed by atoms with Crippen LogP contribution in [-0.4, -0.2) is 23.9 Å². The van der Waals surface area contributed by atoms with Gasteiger partial charge in [0.25, 0.3) is 5.91 Å². The van der Waals surface area contributed by atoms with Gasteiger partial charge in [-0.1, -0.05) is 43.1 Å². The van der Waals surface area contributed by atoms with E-state index in [1.807, 2.05) is 4.90 Å². The van der Waals surface area contributed by atoms with Gasteiger partial charge in [0.05, 0.1) is 15.6 Å². The molecule has 1 aromatic rings. The van der Waals surface area contributed by atoms with Crippen molar-refractivity contribution in [1.82, 2.24) is 4.90 Å². The van der Waals surface area contributed by atoms with E-state index in [1.165, 1.54) is 6.42 Å². The zero-order valence-corrected chi connectivity index (χ0v) is 12.1. The first kappa shape index (κ1) is 13.7. The molecule has 98 valence electrons. The summed E-state index contributed by atoms with van der Waals surface area (Å²) in [4.78, 5) is 14.3. The van der Waals surface area contributed by atoms with Crippen LogP contribution < -0.4 is 0 Å². The van der Waals surface area contributed by atoms with Gasteiger partial charge >= 0.3 is 0 Å². The first-order valence-electron chi connectivity index (χ1n) is 6.22. The predicted molar refractivity (Wildman–Crippen MR) is 75.3 cm³/mol. The van der Waals surface area contributed by atoms with E-state index in [0.717, 1.165) is 13.1 Å². The molecule has 18 heavy (non-hydrogen) atoms. The third-order valence-corrected chi connectivity index (χ3v) is 4.16. The summed E-state index contributed by atoms with van der Waals surface area (Å²) in [6.45, 7) is 5.95. The molecule has 1 aliphatic heterocycles. The number of amides is 1. The summed E-state index contributed by atoms with van der Waals surface area (Å²) in [6, 6.07) is 5.20. The van der Waals surface area contributed by atoms with Gasteiger partial charge in [-0.15, -0.1) is 0 Å². The van der Waals surface area contributed by atoms with Gasteiger partial charge in [0.15, 0.2) is 0 Å². The molecule has 4 heteroatoms. The average molecular weight is 286 g/mol. The minimum Gasteiger partial charge on any atom is -0.338 e. The maximum atomic E-state index is 12.4. The monoisotopic (exact) mass is 285 g/mol. The molecule has 1 aromatic carbocycles. The molecule has 2 rings (SSSR count). The van der Waals surface area contributed by atoms with E-state index in [0.29, 0.717) is 27.4 Å². The third-order valence-electron chi connectivity index (χ3n) is 3.34. The van der Waals surface area contributed by atoms with Crippen LogP contribution in [0.4, 0.5) is 0 Å². The van der Waals surface area contributed by atoms with Gasteiger partial charge in [-0.2, -0.15) is 0 Å². The summed E-state index contributed by atoms with van der Waals surface area (Å²) in [5.41, 5.74) is 0.505. The molecule has 0 saturated carbocycles. The highest BCUT2D eigenvalue weighted by Gasteiger charge is 2.27. The first-order valence-corrected chi connectivity index (χ1v) is 6.98. The molecule has 0 N–H and O–H groups in total. The summed E-state index contributed by atoms with van der Waals surface area (Å²) >= 11 is 12.1. The number of piperidine rings is 1. The number of halogens is 2. The van der Waals surface area contributed by atoms with Crippen LogP contribution in [0.3, 0.4) is 0 Å². The Balaban J connectivity index is 2.23. The Morgan fingerprint density at radius 2 is 1.83 bits per heavy atom. The highest BCUT2D eigenvalue weighted by atomic mass is 35.5. The summed E-state index contributed by atoms with van der Waals surface area (Å²) in [6.07, 6.45) is 1.17. The molecule has 1 saturated heterocycles. The number of hydrogen-bond acceptors (Lipinski definition) is 1. The van der Waals surface area contributed by atoms with Crippen LogP contribution >= 0.6 is 23.2 Å². The summed E-state index contributed by atoms with van der Waals surface area (Å²) in [5.74, 6) is 1.06. The Hall–Kier alpha value is -0.730. The van der Waals surface area contributed by atoms with Crippen LogP contribution in [0.5, 0.6) is 0 Å². The third kappa shape index (κ3) is 2.81. The maximum absolute atomic E-state index is 12.4. The topological polar surface area (TPSA) is 20.3 Å². The van der Waals surface area contributed by atoms with Crippen molar-refractivity contribution >= 4 is 29.1 Å². The van der Waals surface area contributed by atoms with E-state index in [9.17, 15) is 4.79 Å². The molecule has 2 nitrogen and oxygen atoms in total. The molecule has 0 bridgehead atoms. The molecule has 0 aliphatic carbocycles. The SMILES string of the molecule is CC1CC(C)CN(C(=O)c2cccc(Cl)c2Cl)C1. The van der Waals surface area contributed by atoms with E-state index in [4.69, 9.17) is 23.2 Å². The second-order valence-electron chi connectivity index (χ2n) is 5.26. The van der Waals surface area contributed by atoms with Gasteiger partial charge in [-0.3, -0.25) is 4.79 Å². The van der Waals surface area contributed by atoms with Crippen LogP contribution in [-0.2, 0) is 0 Å². The second-order valence-corrected chi connectivity index (χ2v) is 6.04. The minimum absolute atomic E-state index is 0.0131. The van der Waals surface area contributed by atoms with Gasteiger partial charge in [-0.25, -0.2) is 0 Å². The lowest BCUT2D eigenvalue weighted by atomic mass is 9.91. The molecule has 1 fully saturated rings. The zero-order chi connectivity index (χ0) is 13.3. The summed E-state index contributed by atoms with van der Waals surface area (Å²) < 4.78 is 0. The van der Waals surface area contributed by atoms with Gasteiger partial charge in [0.2, 0.25) is 0 Å². The average Bonchev–Trinajstić information content (AvgIpc) is 2.30. The lowest BCUT2D eigenvalue weighted by Gasteiger charge is -2.35.